The highest BCUT2D eigenvalue weighted by atomic mass is 16.5. The quantitative estimate of drug-likeness (QED) is 0.744. The van der Waals surface area contributed by atoms with Crippen molar-refractivity contribution in [2.75, 3.05) is 7.11 Å². The van der Waals surface area contributed by atoms with Gasteiger partial charge in [0, 0.05) is 11.6 Å². The minimum atomic E-state index is -0.266. The number of nitrogens with one attached hydrogen (secondary N) is 1. The lowest BCUT2D eigenvalue weighted by molar-refractivity contribution is 0.0598. The van der Waals surface area contributed by atoms with Crippen LogP contribution in [0.4, 0.5) is 0 Å². The number of hydrogen-bond donors (Lipinski definition) is 1. The molecule has 0 aliphatic heterocycles. The molecule has 1 aliphatic carbocycles. The van der Waals surface area contributed by atoms with Crippen molar-refractivity contribution in [3.63, 3.8) is 0 Å². The molecule has 1 aliphatic rings. The van der Waals surface area contributed by atoms with Crippen LogP contribution in [0.1, 0.15) is 47.4 Å². The van der Waals surface area contributed by atoms with E-state index in [0.717, 1.165) is 30.7 Å². The van der Waals surface area contributed by atoms with E-state index in [4.69, 9.17) is 4.74 Å². The lowest BCUT2D eigenvalue weighted by Gasteiger charge is -2.00. The smallest absolute Gasteiger partial charge is 0.341 e. The highest BCUT2D eigenvalue weighted by molar-refractivity contribution is 5.92. The molecule has 2 rings (SSSR count). The Hall–Kier alpha value is -1.32. The van der Waals surface area contributed by atoms with Crippen LogP contribution in [-0.4, -0.2) is 23.3 Å². The van der Waals surface area contributed by atoms with Crippen molar-refractivity contribution in [3.8, 4) is 0 Å². The van der Waals surface area contributed by atoms with E-state index >= 15 is 0 Å². The number of methoxy groups -OCH3 is 1. The maximum absolute atomic E-state index is 11.5. The summed E-state index contributed by atoms with van der Waals surface area (Å²) >= 11 is 0. The van der Waals surface area contributed by atoms with Crippen molar-refractivity contribution in [1.29, 1.82) is 0 Å². The molecule has 1 aromatic rings. The lowest BCUT2D eigenvalue weighted by atomic mass is 10.1. The minimum Gasteiger partial charge on any atom is -0.465 e. The zero-order valence-electron chi connectivity index (χ0n) is 8.46. The molecule has 1 heterocycles. The average molecular weight is 194 g/mol. The number of carbonyl (C=O) groups is 1. The maximum atomic E-state index is 11.5. The summed E-state index contributed by atoms with van der Waals surface area (Å²) in [4.78, 5) is 11.5. The van der Waals surface area contributed by atoms with E-state index in [2.05, 4.69) is 10.2 Å². The Morgan fingerprint density at radius 3 is 2.86 bits per heavy atom. The second kappa shape index (κ2) is 3.44. The Morgan fingerprint density at radius 2 is 2.36 bits per heavy atom. The van der Waals surface area contributed by atoms with Crippen LogP contribution >= 0.6 is 0 Å². The molecule has 0 unspecified atom stereocenters. The first-order valence-corrected chi connectivity index (χ1v) is 4.93. The van der Waals surface area contributed by atoms with Crippen molar-refractivity contribution < 1.29 is 9.53 Å². The second-order valence-electron chi connectivity index (χ2n) is 3.58. The van der Waals surface area contributed by atoms with E-state index in [0.29, 0.717) is 11.5 Å². The largest absolute Gasteiger partial charge is 0.465 e. The molecule has 0 spiro atoms. The molecule has 1 saturated carbocycles. The van der Waals surface area contributed by atoms with E-state index < -0.39 is 0 Å². The zero-order valence-corrected chi connectivity index (χ0v) is 8.46. The Labute approximate surface area is 82.7 Å². The van der Waals surface area contributed by atoms with Crippen LogP contribution in [0.2, 0.25) is 0 Å². The predicted molar refractivity (Wildman–Crippen MR) is 51.3 cm³/mol. The van der Waals surface area contributed by atoms with E-state index in [1.807, 2.05) is 6.92 Å². The van der Waals surface area contributed by atoms with Crippen molar-refractivity contribution in [1.82, 2.24) is 10.2 Å². The number of nitrogens with zero attached hydrogens (tertiary/aromatic N) is 1. The summed E-state index contributed by atoms with van der Waals surface area (Å²) < 4.78 is 4.76. The fraction of sp³-hybridized carbons (Fsp3) is 0.600. The van der Waals surface area contributed by atoms with Crippen molar-refractivity contribution in [3.05, 3.63) is 17.0 Å². The van der Waals surface area contributed by atoms with Gasteiger partial charge in [0.05, 0.1) is 12.8 Å². The third-order valence-corrected chi connectivity index (χ3v) is 2.58. The standard InChI is InChI=1S/C10H14N2O2/c1-3-7-8(10(13)14-2)9(12-11-7)6-4-5-6/h6H,3-5H2,1-2H3,(H,11,12). The summed E-state index contributed by atoms with van der Waals surface area (Å²) in [6.45, 7) is 2.00. The van der Waals surface area contributed by atoms with Gasteiger partial charge in [0.2, 0.25) is 0 Å². The average Bonchev–Trinajstić information content (AvgIpc) is 2.96. The van der Waals surface area contributed by atoms with Gasteiger partial charge in [0.25, 0.3) is 0 Å². The minimum absolute atomic E-state index is 0.266. The molecule has 1 N–H and O–H groups in total. The molecule has 4 heteroatoms. The number of esters is 1. The van der Waals surface area contributed by atoms with Gasteiger partial charge in [-0.1, -0.05) is 6.92 Å². The molecule has 0 saturated heterocycles. The molecule has 0 aromatic carbocycles. The molecular formula is C10H14N2O2. The Kier molecular flexibility index (Phi) is 2.27. The maximum Gasteiger partial charge on any atom is 0.341 e. The van der Waals surface area contributed by atoms with Gasteiger partial charge >= 0.3 is 5.97 Å². The molecule has 76 valence electrons. The number of carbonyl (C=O) groups excluding carboxylic acids is 1. The molecule has 0 atom stereocenters. The highest BCUT2D eigenvalue weighted by Gasteiger charge is 2.32. The van der Waals surface area contributed by atoms with Gasteiger partial charge in [0.1, 0.15) is 5.56 Å². The number of rotatable bonds is 3. The van der Waals surface area contributed by atoms with Crippen LogP contribution in [0, 0.1) is 0 Å². The van der Waals surface area contributed by atoms with E-state index in [-0.39, 0.29) is 5.97 Å². The van der Waals surface area contributed by atoms with Gasteiger partial charge < -0.3 is 4.74 Å². The fourth-order valence-corrected chi connectivity index (χ4v) is 1.63. The van der Waals surface area contributed by atoms with Gasteiger partial charge in [-0.3, -0.25) is 5.10 Å². The fourth-order valence-electron chi connectivity index (χ4n) is 1.63. The SMILES string of the molecule is CCc1[nH]nc(C2CC2)c1C(=O)OC. The van der Waals surface area contributed by atoms with E-state index in [1.165, 1.54) is 7.11 Å². The molecule has 1 fully saturated rings. The van der Waals surface area contributed by atoms with Gasteiger partial charge in [-0.05, 0) is 19.3 Å². The predicted octanol–water partition coefficient (Wildman–Crippen LogP) is 1.64. The summed E-state index contributed by atoms with van der Waals surface area (Å²) in [6, 6.07) is 0. The summed E-state index contributed by atoms with van der Waals surface area (Å²) in [5.41, 5.74) is 2.45. The topological polar surface area (TPSA) is 55.0 Å². The van der Waals surface area contributed by atoms with Gasteiger partial charge in [-0.25, -0.2) is 4.79 Å². The number of H-pyrrole nitrogens is 1. The van der Waals surface area contributed by atoms with Crippen LogP contribution in [0.15, 0.2) is 0 Å². The first-order chi connectivity index (χ1) is 6.77. The third-order valence-electron chi connectivity index (χ3n) is 2.58. The van der Waals surface area contributed by atoms with E-state index in [9.17, 15) is 4.79 Å². The monoisotopic (exact) mass is 194 g/mol. The molecule has 4 nitrogen and oxygen atoms in total. The van der Waals surface area contributed by atoms with E-state index in [1.54, 1.807) is 0 Å². The van der Waals surface area contributed by atoms with Crippen LogP contribution in [0.25, 0.3) is 0 Å². The van der Waals surface area contributed by atoms with Crippen molar-refractivity contribution in [2.24, 2.45) is 0 Å². The van der Waals surface area contributed by atoms with Crippen LogP contribution < -0.4 is 0 Å². The Balaban J connectivity index is 2.39. The molecule has 0 bridgehead atoms. The van der Waals surface area contributed by atoms with Gasteiger partial charge in [-0.2, -0.15) is 5.10 Å². The number of aryl methyl sites for hydroxylation is 1. The molecule has 1 aromatic heterocycles. The molecule has 0 radical (unpaired) electrons. The number of aromatic nitrogens is 2. The number of aromatic amines is 1. The zero-order chi connectivity index (χ0) is 10.1. The van der Waals surface area contributed by atoms with Crippen molar-refractivity contribution >= 4 is 5.97 Å². The Morgan fingerprint density at radius 1 is 1.64 bits per heavy atom. The first-order valence-electron chi connectivity index (χ1n) is 4.93. The summed E-state index contributed by atoms with van der Waals surface area (Å²) in [5.74, 6) is 0.207. The van der Waals surface area contributed by atoms with Crippen LogP contribution in [0.5, 0.6) is 0 Å². The second-order valence-corrected chi connectivity index (χ2v) is 3.58. The molecular weight excluding hydrogens is 180 g/mol. The summed E-state index contributed by atoms with van der Waals surface area (Å²) in [5, 5.41) is 7.10. The third kappa shape index (κ3) is 1.41. The van der Waals surface area contributed by atoms with Gasteiger partial charge in [-0.15, -0.1) is 0 Å². The van der Waals surface area contributed by atoms with Crippen LogP contribution in [-0.2, 0) is 11.2 Å². The Bertz CT molecular complexity index is 353. The normalized spacial score (nSPS) is 15.6. The highest BCUT2D eigenvalue weighted by Crippen LogP contribution is 2.41. The summed E-state index contributed by atoms with van der Waals surface area (Å²) in [7, 11) is 1.41. The van der Waals surface area contributed by atoms with Crippen LogP contribution in [0.3, 0.4) is 0 Å². The first kappa shape index (κ1) is 9.24. The summed E-state index contributed by atoms with van der Waals surface area (Å²) in [6.07, 6.45) is 3.06. The number of ether oxygens (including phenoxy) is 1. The lowest BCUT2D eigenvalue weighted by Crippen LogP contribution is -2.06. The van der Waals surface area contributed by atoms with Crippen molar-refractivity contribution in [2.45, 2.75) is 32.1 Å². The van der Waals surface area contributed by atoms with Gasteiger partial charge in [0.15, 0.2) is 0 Å². The number of hydrogen-bond acceptors (Lipinski definition) is 3. The molecule has 14 heavy (non-hydrogen) atoms. The molecule has 0 amide bonds.